The van der Waals surface area contributed by atoms with Crippen molar-refractivity contribution in [2.75, 3.05) is 17.7 Å². The van der Waals surface area contributed by atoms with Gasteiger partial charge in [0.25, 0.3) is 0 Å². The van der Waals surface area contributed by atoms with E-state index < -0.39 is 0 Å². The van der Waals surface area contributed by atoms with E-state index in [1.807, 2.05) is 12.1 Å². The largest absolute Gasteiger partial charge is 0.367 e. The van der Waals surface area contributed by atoms with Gasteiger partial charge in [-0.2, -0.15) is 5.26 Å². The smallest absolute Gasteiger partial charge is 0.158 e. The molecule has 2 aliphatic heterocycles. The van der Waals surface area contributed by atoms with Gasteiger partial charge in [-0.1, -0.05) is 0 Å². The summed E-state index contributed by atoms with van der Waals surface area (Å²) >= 11 is 0. The summed E-state index contributed by atoms with van der Waals surface area (Å²) in [6, 6.07) is 5.64. The Morgan fingerprint density at radius 1 is 1.04 bits per heavy atom. The molecule has 2 fully saturated rings. The Bertz CT molecular complexity index is 770. The summed E-state index contributed by atoms with van der Waals surface area (Å²) in [6.07, 6.45) is 9.38. The van der Waals surface area contributed by atoms with Crippen LogP contribution in [0, 0.1) is 11.3 Å². The highest BCUT2D eigenvalue weighted by Gasteiger charge is 2.38. The molecule has 4 rings (SSSR count). The van der Waals surface area contributed by atoms with Crippen LogP contribution in [0.1, 0.15) is 31.4 Å². The molecule has 2 bridgehead atoms. The molecule has 4 heterocycles. The monoisotopic (exact) mass is 336 g/mol. The van der Waals surface area contributed by atoms with Crippen LogP contribution in [-0.4, -0.2) is 50.0 Å². The van der Waals surface area contributed by atoms with E-state index in [2.05, 4.69) is 42.5 Å². The third-order valence-corrected chi connectivity index (χ3v) is 5.14. The highest BCUT2D eigenvalue weighted by molar-refractivity contribution is 5.55. The van der Waals surface area contributed by atoms with Gasteiger partial charge in [0, 0.05) is 24.2 Å². The summed E-state index contributed by atoms with van der Waals surface area (Å²) in [4.78, 5) is 19.2. The van der Waals surface area contributed by atoms with Crippen LogP contribution in [0.3, 0.4) is 0 Å². The van der Waals surface area contributed by atoms with Crippen molar-refractivity contribution in [3.63, 3.8) is 0 Å². The van der Waals surface area contributed by atoms with Crippen molar-refractivity contribution in [1.82, 2.24) is 24.8 Å². The molecule has 2 aromatic heterocycles. The molecule has 1 unspecified atom stereocenters. The number of aromatic nitrogens is 4. The molecule has 0 radical (unpaired) electrons. The van der Waals surface area contributed by atoms with Gasteiger partial charge in [-0.15, -0.1) is 0 Å². The number of nitrogens with zero attached hydrogens (tertiary/aromatic N) is 6. The summed E-state index contributed by atoms with van der Waals surface area (Å²) in [7, 11) is 2.24. The maximum Gasteiger partial charge on any atom is 0.158 e. The topological polar surface area (TPSA) is 103 Å². The van der Waals surface area contributed by atoms with Crippen molar-refractivity contribution in [3.05, 3.63) is 30.5 Å². The van der Waals surface area contributed by atoms with Gasteiger partial charge in [-0.05, 0) is 32.7 Å². The van der Waals surface area contributed by atoms with E-state index in [1.165, 1.54) is 31.6 Å². The van der Waals surface area contributed by atoms with Crippen molar-refractivity contribution >= 4 is 17.5 Å². The average molecular weight is 336 g/mol. The lowest BCUT2D eigenvalue weighted by Gasteiger charge is -2.36. The summed E-state index contributed by atoms with van der Waals surface area (Å²) in [6.45, 7) is 0. The van der Waals surface area contributed by atoms with Gasteiger partial charge in [-0.25, -0.2) is 19.9 Å². The fourth-order valence-electron chi connectivity index (χ4n) is 3.82. The van der Waals surface area contributed by atoms with Crippen molar-refractivity contribution in [2.45, 2.75) is 43.8 Å². The molecule has 3 atom stereocenters. The fraction of sp³-hybridized carbons (Fsp3) is 0.471. The van der Waals surface area contributed by atoms with Gasteiger partial charge in [0.2, 0.25) is 0 Å². The third-order valence-electron chi connectivity index (χ3n) is 5.14. The zero-order valence-electron chi connectivity index (χ0n) is 14.1. The van der Waals surface area contributed by atoms with Crippen LogP contribution in [0.4, 0.5) is 17.5 Å². The van der Waals surface area contributed by atoms with E-state index in [4.69, 9.17) is 5.26 Å². The Labute approximate surface area is 146 Å². The van der Waals surface area contributed by atoms with Gasteiger partial charge in [0.15, 0.2) is 5.69 Å². The molecule has 8 nitrogen and oxygen atoms in total. The number of nitrogens with one attached hydrogen (secondary N) is 2. The Hall–Kier alpha value is -2.79. The van der Waals surface area contributed by atoms with Gasteiger partial charge in [0.1, 0.15) is 29.9 Å². The van der Waals surface area contributed by atoms with E-state index in [0.717, 1.165) is 18.7 Å². The quantitative estimate of drug-likeness (QED) is 0.873. The first-order chi connectivity index (χ1) is 12.2. The van der Waals surface area contributed by atoms with E-state index in [0.29, 0.717) is 29.8 Å². The maximum absolute atomic E-state index is 8.76. The van der Waals surface area contributed by atoms with Crippen LogP contribution in [0.2, 0.25) is 0 Å². The van der Waals surface area contributed by atoms with Crippen molar-refractivity contribution in [1.29, 1.82) is 5.26 Å². The zero-order valence-corrected chi connectivity index (χ0v) is 14.1. The van der Waals surface area contributed by atoms with E-state index >= 15 is 0 Å². The minimum atomic E-state index is 0.285. The van der Waals surface area contributed by atoms with Crippen LogP contribution in [0.5, 0.6) is 0 Å². The van der Waals surface area contributed by atoms with Crippen LogP contribution >= 0.6 is 0 Å². The summed E-state index contributed by atoms with van der Waals surface area (Å²) < 4.78 is 0. The van der Waals surface area contributed by atoms with Crippen LogP contribution in [-0.2, 0) is 0 Å². The van der Waals surface area contributed by atoms with E-state index in [9.17, 15) is 0 Å². The Kier molecular flexibility index (Phi) is 4.15. The minimum Gasteiger partial charge on any atom is -0.367 e. The number of piperidine rings is 1. The van der Waals surface area contributed by atoms with Crippen molar-refractivity contribution < 1.29 is 0 Å². The number of hydrogen-bond donors (Lipinski definition) is 2. The Morgan fingerprint density at radius 2 is 1.80 bits per heavy atom. The second-order valence-electron chi connectivity index (χ2n) is 6.68. The van der Waals surface area contributed by atoms with E-state index in [-0.39, 0.29) is 5.69 Å². The first-order valence-electron chi connectivity index (χ1n) is 8.51. The minimum absolute atomic E-state index is 0.285. The molecular weight excluding hydrogens is 316 g/mol. The van der Waals surface area contributed by atoms with Crippen molar-refractivity contribution in [2.24, 2.45) is 0 Å². The van der Waals surface area contributed by atoms with Gasteiger partial charge in [-0.3, -0.25) is 0 Å². The molecule has 8 heteroatoms. The predicted octanol–water partition coefficient (Wildman–Crippen LogP) is 1.92. The highest BCUT2D eigenvalue weighted by atomic mass is 15.2. The molecule has 25 heavy (non-hydrogen) atoms. The van der Waals surface area contributed by atoms with Gasteiger partial charge in [0.05, 0.1) is 12.4 Å². The maximum atomic E-state index is 8.76. The molecule has 2 aliphatic rings. The Balaban J connectivity index is 1.42. The second-order valence-corrected chi connectivity index (χ2v) is 6.68. The third kappa shape index (κ3) is 3.37. The molecule has 2 aromatic rings. The average Bonchev–Trinajstić information content (AvgIpc) is 2.83. The molecule has 0 amide bonds. The lowest BCUT2D eigenvalue weighted by molar-refractivity contribution is 0.169. The second kappa shape index (κ2) is 6.61. The lowest BCUT2D eigenvalue weighted by Crippen LogP contribution is -2.44. The molecule has 2 N–H and O–H groups in total. The molecule has 128 valence electrons. The normalized spacial score (nSPS) is 25.4. The molecule has 0 aromatic carbocycles. The first-order valence-corrected chi connectivity index (χ1v) is 8.51. The lowest BCUT2D eigenvalue weighted by atomic mass is 9.98. The number of nitriles is 1. The first kappa shape index (κ1) is 15.7. The van der Waals surface area contributed by atoms with Crippen LogP contribution in [0.15, 0.2) is 24.8 Å². The van der Waals surface area contributed by atoms with Crippen molar-refractivity contribution in [3.8, 4) is 6.07 Å². The van der Waals surface area contributed by atoms with Gasteiger partial charge >= 0.3 is 0 Å². The fourth-order valence-corrected chi connectivity index (χ4v) is 3.82. The highest BCUT2D eigenvalue weighted by Crippen LogP contribution is 2.35. The Morgan fingerprint density at radius 3 is 2.48 bits per heavy atom. The van der Waals surface area contributed by atoms with E-state index in [1.54, 1.807) is 0 Å². The summed E-state index contributed by atoms with van der Waals surface area (Å²) in [5.74, 6) is 2.00. The van der Waals surface area contributed by atoms with Crippen LogP contribution < -0.4 is 10.6 Å². The molecule has 0 aliphatic carbocycles. The molecule has 0 spiro atoms. The zero-order chi connectivity index (χ0) is 17.2. The number of rotatable bonds is 4. The summed E-state index contributed by atoms with van der Waals surface area (Å²) in [5.41, 5.74) is 0.285. The number of fused-ring (bicyclic) bond motifs is 2. The molecular formula is C17H20N8. The number of anilines is 3. The van der Waals surface area contributed by atoms with Crippen LogP contribution in [0.25, 0.3) is 0 Å². The standard InChI is InChI=1S/C17H20N8/c1-25-13-2-3-14(25)5-11(4-13)23-15-6-16(22-10-21-15)24-17-9-19-12(7-18)8-20-17/h6,8-11,13-14H,2-5H2,1H3,(H2,20,21,22,23,24)/t11?,13-,14+. The predicted molar refractivity (Wildman–Crippen MR) is 93.3 cm³/mol. The SMILES string of the molecule is CN1[C@@H]2CC[C@H]1CC(Nc1cc(Nc3cnc(C#N)cn3)ncn1)C2. The summed E-state index contributed by atoms with van der Waals surface area (Å²) in [5, 5.41) is 15.4. The van der Waals surface area contributed by atoms with Gasteiger partial charge < -0.3 is 15.5 Å². The molecule has 0 saturated carbocycles. The molecule has 2 saturated heterocycles. The number of hydrogen-bond acceptors (Lipinski definition) is 8.